The molecule has 0 aliphatic heterocycles. The first-order chi connectivity index (χ1) is 33.7. The molecule has 1 amide bonds. The maximum atomic E-state index is 12.5. The van der Waals surface area contributed by atoms with E-state index in [9.17, 15) is 15.0 Å². The number of rotatable bonds is 59. The van der Waals surface area contributed by atoms with Crippen LogP contribution in [0.1, 0.15) is 361 Å². The van der Waals surface area contributed by atoms with Crippen molar-refractivity contribution in [3.63, 3.8) is 0 Å². The van der Waals surface area contributed by atoms with Gasteiger partial charge >= 0.3 is 0 Å². The van der Waals surface area contributed by atoms with Crippen molar-refractivity contribution < 1.29 is 15.0 Å². The van der Waals surface area contributed by atoms with Gasteiger partial charge in [0.05, 0.1) is 18.8 Å². The summed E-state index contributed by atoms with van der Waals surface area (Å²) in [7, 11) is 0. The number of unbranched alkanes of at least 4 members (excludes halogenated alkanes) is 50. The highest BCUT2D eigenvalue weighted by molar-refractivity contribution is 5.76. The van der Waals surface area contributed by atoms with Crippen molar-refractivity contribution in [2.24, 2.45) is 0 Å². The lowest BCUT2D eigenvalue weighted by atomic mass is 10.0. The third kappa shape index (κ3) is 55.8. The van der Waals surface area contributed by atoms with Crippen LogP contribution in [-0.4, -0.2) is 34.9 Å². The number of hydrogen-bond acceptors (Lipinski definition) is 3. The molecular formula is C64H125NO3. The number of amides is 1. The zero-order valence-electron chi connectivity index (χ0n) is 46.7. The van der Waals surface area contributed by atoms with E-state index in [1.165, 1.54) is 315 Å². The zero-order valence-corrected chi connectivity index (χ0v) is 46.7. The highest BCUT2D eigenvalue weighted by Crippen LogP contribution is 2.18. The minimum absolute atomic E-state index is 0.0568. The smallest absolute Gasteiger partial charge is 0.220 e. The standard InChI is InChI=1S/C64H125NO3/c1-3-5-7-9-11-13-15-17-19-21-23-24-25-26-27-28-29-30-31-32-33-34-35-36-37-38-39-40-42-44-46-48-50-52-54-56-58-60-64(68)65-62(61-66)63(67)59-57-55-53-51-49-47-45-43-41-22-20-18-16-14-12-10-8-6-4-2/h30-31,57,59,62-63,66-67H,3-29,32-56,58,60-61H2,1-2H3,(H,65,68)/b31-30-,59-57+. The molecule has 0 rings (SSSR count). The lowest BCUT2D eigenvalue weighted by Crippen LogP contribution is -2.45. The Hall–Kier alpha value is -1.13. The van der Waals surface area contributed by atoms with Gasteiger partial charge < -0.3 is 15.5 Å². The molecule has 0 heterocycles. The van der Waals surface area contributed by atoms with Gasteiger partial charge in [0.2, 0.25) is 5.91 Å². The lowest BCUT2D eigenvalue weighted by molar-refractivity contribution is -0.123. The summed E-state index contributed by atoms with van der Waals surface area (Å²) in [5.74, 6) is -0.0568. The van der Waals surface area contributed by atoms with Crippen molar-refractivity contribution in [1.29, 1.82) is 0 Å². The van der Waals surface area contributed by atoms with Crippen molar-refractivity contribution in [3.8, 4) is 0 Å². The summed E-state index contributed by atoms with van der Waals surface area (Å²) >= 11 is 0. The average Bonchev–Trinajstić information content (AvgIpc) is 3.34. The zero-order chi connectivity index (χ0) is 49.2. The average molecular weight is 957 g/mol. The van der Waals surface area contributed by atoms with Gasteiger partial charge in [-0.25, -0.2) is 0 Å². The second-order valence-electron chi connectivity index (χ2n) is 21.8. The van der Waals surface area contributed by atoms with Gasteiger partial charge in [0.1, 0.15) is 0 Å². The van der Waals surface area contributed by atoms with Crippen molar-refractivity contribution in [2.75, 3.05) is 6.61 Å². The fraction of sp³-hybridized carbons (Fsp3) is 0.922. The summed E-state index contributed by atoms with van der Waals surface area (Å²) in [5, 5.41) is 23.2. The topological polar surface area (TPSA) is 69.6 Å². The summed E-state index contributed by atoms with van der Waals surface area (Å²) in [6.45, 7) is 4.35. The molecule has 0 aromatic carbocycles. The number of carbonyl (C=O) groups is 1. The summed E-state index contributed by atoms with van der Waals surface area (Å²) < 4.78 is 0. The molecule has 4 heteroatoms. The molecule has 0 aromatic heterocycles. The highest BCUT2D eigenvalue weighted by Gasteiger charge is 2.18. The molecule has 0 saturated heterocycles. The Kier molecular flexibility index (Phi) is 59.2. The van der Waals surface area contributed by atoms with Crippen LogP contribution in [0.4, 0.5) is 0 Å². The Morgan fingerprint density at radius 3 is 0.809 bits per heavy atom. The highest BCUT2D eigenvalue weighted by atomic mass is 16.3. The maximum Gasteiger partial charge on any atom is 0.220 e. The monoisotopic (exact) mass is 956 g/mol. The molecular weight excluding hydrogens is 831 g/mol. The van der Waals surface area contributed by atoms with Crippen molar-refractivity contribution in [1.82, 2.24) is 5.32 Å². The number of aliphatic hydroxyl groups is 2. The fourth-order valence-corrected chi connectivity index (χ4v) is 10.1. The Morgan fingerprint density at radius 2 is 0.559 bits per heavy atom. The first-order valence-electron chi connectivity index (χ1n) is 31.6. The molecule has 4 nitrogen and oxygen atoms in total. The third-order valence-corrected chi connectivity index (χ3v) is 14.9. The molecule has 0 aliphatic carbocycles. The van der Waals surface area contributed by atoms with E-state index in [4.69, 9.17) is 0 Å². The fourth-order valence-electron chi connectivity index (χ4n) is 10.1. The Morgan fingerprint density at radius 1 is 0.338 bits per heavy atom. The van der Waals surface area contributed by atoms with E-state index in [2.05, 4.69) is 31.3 Å². The van der Waals surface area contributed by atoms with E-state index >= 15 is 0 Å². The van der Waals surface area contributed by atoms with Gasteiger partial charge in [-0.3, -0.25) is 4.79 Å². The van der Waals surface area contributed by atoms with Gasteiger partial charge in [-0.1, -0.05) is 334 Å². The van der Waals surface area contributed by atoms with E-state index in [0.29, 0.717) is 6.42 Å². The Balaban J connectivity index is 3.40. The van der Waals surface area contributed by atoms with Crippen LogP contribution in [-0.2, 0) is 4.79 Å². The van der Waals surface area contributed by atoms with Gasteiger partial charge in [-0.2, -0.15) is 0 Å². The van der Waals surface area contributed by atoms with E-state index in [1.54, 1.807) is 6.08 Å². The van der Waals surface area contributed by atoms with Crippen LogP contribution in [0.25, 0.3) is 0 Å². The summed E-state index contributed by atoms with van der Waals surface area (Å²) in [6.07, 6.45) is 81.0. The van der Waals surface area contributed by atoms with Gasteiger partial charge in [-0.15, -0.1) is 0 Å². The second kappa shape index (κ2) is 60.2. The van der Waals surface area contributed by atoms with Crippen molar-refractivity contribution >= 4 is 5.91 Å². The minimum Gasteiger partial charge on any atom is -0.394 e. The summed E-state index contributed by atoms with van der Waals surface area (Å²) in [5.41, 5.74) is 0. The molecule has 0 saturated carbocycles. The van der Waals surface area contributed by atoms with E-state index in [1.807, 2.05) is 6.08 Å². The summed E-state index contributed by atoms with van der Waals surface area (Å²) in [4.78, 5) is 12.5. The number of carbonyl (C=O) groups excluding carboxylic acids is 1. The van der Waals surface area contributed by atoms with Gasteiger partial charge in [0.15, 0.2) is 0 Å². The van der Waals surface area contributed by atoms with Gasteiger partial charge in [0, 0.05) is 6.42 Å². The SMILES string of the molecule is CCCCCCCCCCCCCCCCCC/C=C\CCCCCCCCCCCCCCCCCCCC(=O)NC(CO)C(O)/C=C/CCCCCCCCCCCCCCCCCCC. The normalized spacial score (nSPS) is 12.8. The molecule has 3 N–H and O–H groups in total. The molecule has 68 heavy (non-hydrogen) atoms. The predicted molar refractivity (Wildman–Crippen MR) is 304 cm³/mol. The predicted octanol–water partition coefficient (Wildman–Crippen LogP) is 21.0. The molecule has 2 atom stereocenters. The molecule has 0 aromatic rings. The molecule has 0 aliphatic rings. The van der Waals surface area contributed by atoms with Crippen LogP contribution in [0, 0.1) is 0 Å². The minimum atomic E-state index is -0.837. The number of nitrogens with one attached hydrogen (secondary N) is 1. The van der Waals surface area contributed by atoms with E-state index < -0.39 is 12.1 Å². The molecule has 0 fully saturated rings. The van der Waals surface area contributed by atoms with Crippen LogP contribution in [0.15, 0.2) is 24.3 Å². The van der Waals surface area contributed by atoms with E-state index in [0.717, 1.165) is 25.7 Å². The largest absolute Gasteiger partial charge is 0.394 e. The van der Waals surface area contributed by atoms with Crippen molar-refractivity contribution in [3.05, 3.63) is 24.3 Å². The van der Waals surface area contributed by atoms with Crippen molar-refractivity contribution in [2.45, 2.75) is 373 Å². The first kappa shape index (κ1) is 66.9. The molecule has 404 valence electrons. The van der Waals surface area contributed by atoms with Crippen LogP contribution >= 0.6 is 0 Å². The molecule has 2 unspecified atom stereocenters. The quantitative estimate of drug-likeness (QED) is 0.0420. The molecule has 0 radical (unpaired) electrons. The Bertz CT molecular complexity index is 994. The van der Waals surface area contributed by atoms with Gasteiger partial charge in [-0.05, 0) is 44.9 Å². The first-order valence-corrected chi connectivity index (χ1v) is 31.6. The Labute approximate surface area is 428 Å². The summed E-state index contributed by atoms with van der Waals surface area (Å²) in [6, 6.07) is -0.620. The van der Waals surface area contributed by atoms with Crippen LogP contribution in [0.5, 0.6) is 0 Å². The number of aliphatic hydroxyl groups excluding tert-OH is 2. The van der Waals surface area contributed by atoms with Crippen LogP contribution < -0.4 is 5.32 Å². The number of allylic oxidation sites excluding steroid dienone is 3. The van der Waals surface area contributed by atoms with E-state index in [-0.39, 0.29) is 12.5 Å². The molecule has 0 spiro atoms. The third-order valence-electron chi connectivity index (χ3n) is 14.9. The molecule has 0 bridgehead atoms. The van der Waals surface area contributed by atoms with Gasteiger partial charge in [0.25, 0.3) is 0 Å². The number of hydrogen-bond donors (Lipinski definition) is 3. The second-order valence-corrected chi connectivity index (χ2v) is 21.8. The lowest BCUT2D eigenvalue weighted by Gasteiger charge is -2.20. The maximum absolute atomic E-state index is 12.5. The van der Waals surface area contributed by atoms with Crippen LogP contribution in [0.3, 0.4) is 0 Å². The van der Waals surface area contributed by atoms with Crippen LogP contribution in [0.2, 0.25) is 0 Å².